The van der Waals surface area contributed by atoms with Crippen LogP contribution < -0.4 is 5.73 Å². The van der Waals surface area contributed by atoms with Gasteiger partial charge in [-0.1, -0.05) is 18.2 Å². The average Bonchev–Trinajstić information content (AvgIpc) is 2.83. The zero-order chi connectivity index (χ0) is 14.8. The van der Waals surface area contributed by atoms with Gasteiger partial charge >= 0.3 is 0 Å². The number of hydrogen-bond donors (Lipinski definition) is 1. The molecule has 0 saturated carbocycles. The van der Waals surface area contributed by atoms with Gasteiger partial charge in [0, 0.05) is 43.7 Å². The Labute approximate surface area is 125 Å². The zero-order valence-corrected chi connectivity index (χ0v) is 12.8. The monoisotopic (exact) mass is 288 g/mol. The molecule has 1 saturated heterocycles. The number of methoxy groups -OCH3 is 1. The summed E-state index contributed by atoms with van der Waals surface area (Å²) in [6.07, 6.45) is 2.43. The Morgan fingerprint density at radius 3 is 2.95 bits per heavy atom. The molecule has 3 rings (SSSR count). The third-order valence-electron chi connectivity index (χ3n) is 4.66. The summed E-state index contributed by atoms with van der Waals surface area (Å²) < 4.78 is 11.4. The first kappa shape index (κ1) is 14.6. The molecular formula is C17H24N2O2. The van der Waals surface area contributed by atoms with Crippen molar-refractivity contribution in [3.63, 3.8) is 0 Å². The number of nitrogens with zero attached hydrogens (tertiary/aromatic N) is 1. The van der Waals surface area contributed by atoms with E-state index >= 15 is 0 Å². The summed E-state index contributed by atoms with van der Waals surface area (Å²) in [6.45, 7) is 4.66. The lowest BCUT2D eigenvalue weighted by Crippen LogP contribution is -2.48. The van der Waals surface area contributed by atoms with E-state index in [1.807, 2.05) is 12.1 Å². The van der Waals surface area contributed by atoms with Crippen LogP contribution in [0.3, 0.4) is 0 Å². The van der Waals surface area contributed by atoms with Gasteiger partial charge in [0.2, 0.25) is 0 Å². The highest BCUT2D eigenvalue weighted by Crippen LogP contribution is 2.29. The van der Waals surface area contributed by atoms with Crippen molar-refractivity contribution < 1.29 is 9.15 Å². The number of rotatable bonds is 4. The molecule has 2 N–H and O–H groups in total. The number of hydrogen-bond acceptors (Lipinski definition) is 4. The molecule has 4 nitrogen and oxygen atoms in total. The van der Waals surface area contributed by atoms with Crippen LogP contribution in [0.2, 0.25) is 0 Å². The number of ether oxygens (including phenoxy) is 1. The van der Waals surface area contributed by atoms with Crippen molar-refractivity contribution in [2.24, 2.45) is 5.73 Å². The van der Waals surface area contributed by atoms with Gasteiger partial charge in [-0.05, 0) is 25.8 Å². The van der Waals surface area contributed by atoms with Crippen molar-refractivity contribution in [3.05, 3.63) is 35.6 Å². The van der Waals surface area contributed by atoms with E-state index in [0.29, 0.717) is 18.7 Å². The SMILES string of the molecule is COC1CCN(Cc2c(C)oc3ccccc23)C(CN)C1. The highest BCUT2D eigenvalue weighted by Gasteiger charge is 2.28. The topological polar surface area (TPSA) is 51.6 Å². The van der Waals surface area contributed by atoms with Crippen LogP contribution in [0, 0.1) is 6.92 Å². The van der Waals surface area contributed by atoms with Gasteiger partial charge in [-0.2, -0.15) is 0 Å². The largest absolute Gasteiger partial charge is 0.461 e. The fourth-order valence-electron chi connectivity index (χ4n) is 3.35. The fourth-order valence-corrected chi connectivity index (χ4v) is 3.35. The van der Waals surface area contributed by atoms with Crippen LogP contribution in [-0.4, -0.2) is 37.2 Å². The predicted molar refractivity (Wildman–Crippen MR) is 84.2 cm³/mol. The van der Waals surface area contributed by atoms with Crippen molar-refractivity contribution in [2.75, 3.05) is 20.2 Å². The summed E-state index contributed by atoms with van der Waals surface area (Å²) in [5, 5.41) is 1.22. The molecule has 114 valence electrons. The Kier molecular flexibility index (Phi) is 4.29. The molecule has 2 heterocycles. The molecule has 0 radical (unpaired) electrons. The van der Waals surface area contributed by atoms with Crippen molar-refractivity contribution in [3.8, 4) is 0 Å². The summed E-state index contributed by atoms with van der Waals surface area (Å²) in [5.41, 5.74) is 8.23. The minimum Gasteiger partial charge on any atom is -0.461 e. The molecular weight excluding hydrogens is 264 g/mol. The van der Waals surface area contributed by atoms with Gasteiger partial charge in [-0.3, -0.25) is 4.90 Å². The molecule has 0 aliphatic carbocycles. The summed E-state index contributed by atoms with van der Waals surface area (Å²) in [4.78, 5) is 2.47. The van der Waals surface area contributed by atoms with E-state index in [1.165, 1.54) is 10.9 Å². The molecule has 0 spiro atoms. The molecule has 2 aromatic rings. The van der Waals surface area contributed by atoms with E-state index in [-0.39, 0.29) is 0 Å². The third kappa shape index (κ3) is 2.84. The second kappa shape index (κ2) is 6.18. The smallest absolute Gasteiger partial charge is 0.134 e. The summed E-state index contributed by atoms with van der Waals surface area (Å²) in [5.74, 6) is 1.01. The van der Waals surface area contributed by atoms with Crippen molar-refractivity contribution in [2.45, 2.75) is 38.5 Å². The van der Waals surface area contributed by atoms with Crippen LogP contribution in [0.5, 0.6) is 0 Å². The fraction of sp³-hybridized carbons (Fsp3) is 0.529. The Balaban J connectivity index is 1.83. The predicted octanol–water partition coefficient (Wildman–Crippen LogP) is 2.68. The van der Waals surface area contributed by atoms with Crippen LogP contribution in [0.15, 0.2) is 28.7 Å². The molecule has 4 heteroatoms. The molecule has 0 bridgehead atoms. The van der Waals surface area contributed by atoms with Crippen LogP contribution in [0.4, 0.5) is 0 Å². The number of piperidine rings is 1. The summed E-state index contributed by atoms with van der Waals surface area (Å²) >= 11 is 0. The van der Waals surface area contributed by atoms with Crippen LogP contribution in [-0.2, 0) is 11.3 Å². The van der Waals surface area contributed by atoms with E-state index in [1.54, 1.807) is 7.11 Å². The van der Waals surface area contributed by atoms with Crippen molar-refractivity contribution in [1.82, 2.24) is 4.90 Å². The Hall–Kier alpha value is -1.36. The Bertz CT molecular complexity index is 608. The highest BCUT2D eigenvalue weighted by molar-refractivity contribution is 5.82. The molecule has 21 heavy (non-hydrogen) atoms. The first-order chi connectivity index (χ1) is 10.2. The summed E-state index contributed by atoms with van der Waals surface area (Å²) in [7, 11) is 1.79. The summed E-state index contributed by atoms with van der Waals surface area (Å²) in [6, 6.07) is 8.64. The van der Waals surface area contributed by atoms with Crippen molar-refractivity contribution >= 4 is 11.0 Å². The molecule has 1 aliphatic heterocycles. The maximum Gasteiger partial charge on any atom is 0.134 e. The zero-order valence-electron chi connectivity index (χ0n) is 12.8. The number of benzene rings is 1. The minimum absolute atomic E-state index is 0.344. The number of aryl methyl sites for hydroxylation is 1. The molecule has 1 aliphatic rings. The lowest BCUT2D eigenvalue weighted by atomic mass is 9.98. The van der Waals surface area contributed by atoms with Crippen LogP contribution >= 0.6 is 0 Å². The first-order valence-electron chi connectivity index (χ1n) is 7.66. The lowest BCUT2D eigenvalue weighted by Gasteiger charge is -2.38. The minimum atomic E-state index is 0.344. The van der Waals surface area contributed by atoms with Gasteiger partial charge in [-0.25, -0.2) is 0 Å². The Morgan fingerprint density at radius 1 is 1.38 bits per heavy atom. The van der Waals surface area contributed by atoms with Gasteiger partial charge in [0.05, 0.1) is 6.10 Å². The number of para-hydroxylation sites is 1. The van der Waals surface area contributed by atoms with Gasteiger partial charge in [-0.15, -0.1) is 0 Å². The molecule has 2 atom stereocenters. The normalized spacial score (nSPS) is 23.8. The average molecular weight is 288 g/mol. The van der Waals surface area contributed by atoms with Gasteiger partial charge in [0.25, 0.3) is 0 Å². The maximum atomic E-state index is 5.97. The molecule has 1 fully saturated rings. The second-order valence-electron chi connectivity index (χ2n) is 5.88. The molecule has 0 amide bonds. The molecule has 2 unspecified atom stereocenters. The van der Waals surface area contributed by atoms with E-state index in [0.717, 1.165) is 37.3 Å². The Morgan fingerprint density at radius 2 is 2.19 bits per heavy atom. The standard InChI is InChI=1S/C17H24N2O2/c1-12-16(15-5-3-4-6-17(15)21-12)11-19-8-7-14(20-2)9-13(19)10-18/h3-6,13-14H,7-11,18H2,1-2H3. The number of likely N-dealkylation sites (tertiary alicyclic amines) is 1. The van der Waals surface area contributed by atoms with Crippen LogP contribution in [0.1, 0.15) is 24.2 Å². The third-order valence-corrected chi connectivity index (χ3v) is 4.66. The lowest BCUT2D eigenvalue weighted by molar-refractivity contribution is 0.0102. The van der Waals surface area contributed by atoms with Crippen LogP contribution in [0.25, 0.3) is 11.0 Å². The molecule has 1 aromatic heterocycles. The maximum absolute atomic E-state index is 5.97. The van der Waals surface area contributed by atoms with E-state index in [4.69, 9.17) is 14.9 Å². The number of fused-ring (bicyclic) bond motifs is 1. The van der Waals surface area contributed by atoms with E-state index in [9.17, 15) is 0 Å². The second-order valence-corrected chi connectivity index (χ2v) is 5.88. The molecule has 1 aromatic carbocycles. The number of furan rings is 1. The van der Waals surface area contributed by atoms with E-state index < -0.39 is 0 Å². The van der Waals surface area contributed by atoms with Gasteiger partial charge in [0.15, 0.2) is 0 Å². The first-order valence-corrected chi connectivity index (χ1v) is 7.66. The highest BCUT2D eigenvalue weighted by atomic mass is 16.5. The quantitative estimate of drug-likeness (QED) is 0.940. The van der Waals surface area contributed by atoms with Gasteiger partial charge < -0.3 is 14.9 Å². The van der Waals surface area contributed by atoms with E-state index in [2.05, 4.69) is 24.0 Å². The van der Waals surface area contributed by atoms with Crippen molar-refractivity contribution in [1.29, 1.82) is 0 Å². The number of nitrogens with two attached hydrogens (primary N) is 1. The van der Waals surface area contributed by atoms with Gasteiger partial charge in [0.1, 0.15) is 11.3 Å².